The first-order chi connectivity index (χ1) is 9.19. The number of anilines is 1. The number of hydrogen-bond acceptors (Lipinski definition) is 5. The summed E-state index contributed by atoms with van der Waals surface area (Å²) in [6, 6.07) is 6.89. The van der Waals surface area contributed by atoms with E-state index < -0.39 is 22.0 Å². The molecule has 1 heterocycles. The molecule has 0 fully saturated rings. The predicted molar refractivity (Wildman–Crippen MR) is 70.0 cm³/mol. The molecule has 1 aromatic heterocycles. The third-order valence-electron chi connectivity index (χ3n) is 1.94. The van der Waals surface area contributed by atoms with Crippen LogP contribution in [0.3, 0.4) is 0 Å². The summed E-state index contributed by atoms with van der Waals surface area (Å²) in [6.07, 6.45) is 2.68. The summed E-state index contributed by atoms with van der Waals surface area (Å²) in [4.78, 5) is 18.2. The van der Waals surface area contributed by atoms with Crippen molar-refractivity contribution in [2.45, 2.75) is 0 Å². The van der Waals surface area contributed by atoms with Crippen LogP contribution in [0, 0.1) is 0 Å². The first kappa shape index (κ1) is 15.5. The second-order valence-corrected chi connectivity index (χ2v) is 5.41. The molecule has 1 aromatic carbocycles. The minimum absolute atomic E-state index is 0.543. The van der Waals surface area contributed by atoms with Crippen LogP contribution in [-0.2, 0) is 19.6 Å². The van der Waals surface area contributed by atoms with Crippen molar-refractivity contribution in [3.8, 4) is 0 Å². The van der Waals surface area contributed by atoms with Gasteiger partial charge in [-0.1, -0.05) is 0 Å². The van der Waals surface area contributed by atoms with Gasteiger partial charge in [0.2, 0.25) is 10.0 Å². The highest BCUT2D eigenvalue weighted by atomic mass is 32.2. The van der Waals surface area contributed by atoms with Crippen LogP contribution in [0.4, 0.5) is 5.69 Å². The maximum Gasteiger partial charge on any atom is 0.414 e. The number of sulfonamides is 1. The normalized spacial score (nSPS) is 10.4. The van der Waals surface area contributed by atoms with Gasteiger partial charge in [0.1, 0.15) is 5.58 Å². The lowest BCUT2D eigenvalue weighted by Crippen LogP contribution is -2.09. The van der Waals surface area contributed by atoms with E-state index in [0.717, 1.165) is 17.2 Å². The highest BCUT2D eigenvalue weighted by Crippen LogP contribution is 2.20. The molecule has 0 aliphatic carbocycles. The monoisotopic (exact) mass is 301 g/mol. The van der Waals surface area contributed by atoms with E-state index in [2.05, 4.69) is 4.72 Å². The number of fused-ring (bicyclic) bond motifs is 1. The topological polar surface area (TPSA) is 134 Å². The Morgan fingerprint density at radius 2 is 1.75 bits per heavy atom. The van der Waals surface area contributed by atoms with Gasteiger partial charge >= 0.3 is 11.9 Å². The fraction of sp³-hybridized carbons (Fsp3) is 0.0909. The van der Waals surface area contributed by atoms with E-state index in [1.807, 2.05) is 0 Å². The second kappa shape index (κ2) is 6.06. The average molecular weight is 301 g/mol. The minimum atomic E-state index is -3.21. The van der Waals surface area contributed by atoms with E-state index in [0.29, 0.717) is 5.69 Å². The number of aliphatic carboxylic acids is 2. The molecule has 3 N–H and O–H groups in total. The van der Waals surface area contributed by atoms with E-state index in [9.17, 15) is 8.42 Å². The van der Waals surface area contributed by atoms with Gasteiger partial charge in [-0.3, -0.25) is 4.72 Å². The smallest absolute Gasteiger partial charge is 0.414 e. The van der Waals surface area contributed by atoms with Crippen molar-refractivity contribution < 1.29 is 32.6 Å². The minimum Gasteiger partial charge on any atom is -0.473 e. The molecule has 9 heteroatoms. The molecule has 108 valence electrons. The van der Waals surface area contributed by atoms with Gasteiger partial charge in [0.05, 0.1) is 12.5 Å². The van der Waals surface area contributed by atoms with Crippen LogP contribution in [0.5, 0.6) is 0 Å². The number of nitrogens with one attached hydrogen (secondary N) is 1. The van der Waals surface area contributed by atoms with Crippen LogP contribution in [0.1, 0.15) is 0 Å². The summed E-state index contributed by atoms with van der Waals surface area (Å²) in [6.45, 7) is 0. The molecule has 8 nitrogen and oxygen atoms in total. The molecule has 2 aromatic rings. The molecule has 0 saturated carbocycles. The Balaban J connectivity index is 0.000000286. The summed E-state index contributed by atoms with van der Waals surface area (Å²) >= 11 is 0. The SMILES string of the molecule is CS(=O)(=O)Nc1ccc2occc2c1.O=C(O)C(=O)O. The summed E-state index contributed by atoms with van der Waals surface area (Å²) < 4.78 is 29.4. The van der Waals surface area contributed by atoms with E-state index >= 15 is 0 Å². The van der Waals surface area contributed by atoms with Gasteiger partial charge in [0.15, 0.2) is 0 Å². The quantitative estimate of drug-likeness (QED) is 0.703. The maximum atomic E-state index is 10.9. The van der Waals surface area contributed by atoms with Gasteiger partial charge in [0, 0.05) is 11.1 Å². The van der Waals surface area contributed by atoms with Gasteiger partial charge in [-0.05, 0) is 24.3 Å². The van der Waals surface area contributed by atoms with Gasteiger partial charge < -0.3 is 14.6 Å². The molecule has 0 aliphatic rings. The molecule has 0 radical (unpaired) electrons. The fourth-order valence-corrected chi connectivity index (χ4v) is 1.80. The molecule has 0 saturated heterocycles. The molecule has 2 rings (SSSR count). The highest BCUT2D eigenvalue weighted by Gasteiger charge is 2.04. The van der Waals surface area contributed by atoms with Gasteiger partial charge in [-0.25, -0.2) is 18.0 Å². The molecule has 0 unspecified atom stereocenters. The van der Waals surface area contributed by atoms with E-state index in [1.54, 1.807) is 30.5 Å². The van der Waals surface area contributed by atoms with Gasteiger partial charge in [0.25, 0.3) is 0 Å². The van der Waals surface area contributed by atoms with Crippen LogP contribution >= 0.6 is 0 Å². The third-order valence-corrected chi connectivity index (χ3v) is 2.55. The zero-order chi connectivity index (χ0) is 15.3. The molecule has 0 aliphatic heterocycles. The summed E-state index contributed by atoms with van der Waals surface area (Å²) in [7, 11) is -3.21. The number of benzene rings is 1. The Bertz CT molecular complexity index is 720. The zero-order valence-electron chi connectivity index (χ0n) is 10.2. The molecule has 0 bridgehead atoms. The Labute approximate surface area is 113 Å². The molecule has 0 spiro atoms. The number of carboxylic acids is 2. The predicted octanol–water partition coefficient (Wildman–Crippen LogP) is 0.960. The third kappa shape index (κ3) is 4.98. The van der Waals surface area contributed by atoms with Crippen LogP contribution in [0.15, 0.2) is 34.9 Å². The molecular weight excluding hydrogens is 290 g/mol. The number of rotatable bonds is 2. The number of carbonyl (C=O) groups is 2. The van der Waals surface area contributed by atoms with Crippen molar-refractivity contribution in [1.29, 1.82) is 0 Å². The standard InChI is InChI=1S/C9H9NO3S.C2H2O4/c1-14(11,12)10-8-2-3-9-7(6-8)4-5-13-9;3-1(4)2(5)6/h2-6,10H,1H3;(H,3,4)(H,5,6). The van der Waals surface area contributed by atoms with Crippen molar-refractivity contribution in [2.24, 2.45) is 0 Å². The number of hydrogen-bond donors (Lipinski definition) is 3. The van der Waals surface area contributed by atoms with Crippen LogP contribution in [-0.4, -0.2) is 36.8 Å². The average Bonchev–Trinajstić information content (AvgIpc) is 2.74. The van der Waals surface area contributed by atoms with Crippen molar-refractivity contribution in [2.75, 3.05) is 11.0 Å². The molecule has 0 atom stereocenters. The zero-order valence-corrected chi connectivity index (χ0v) is 11.0. The lowest BCUT2D eigenvalue weighted by molar-refractivity contribution is -0.159. The Morgan fingerprint density at radius 1 is 1.15 bits per heavy atom. The Hall–Kier alpha value is -2.55. The summed E-state index contributed by atoms with van der Waals surface area (Å²) in [5, 5.41) is 15.7. The highest BCUT2D eigenvalue weighted by molar-refractivity contribution is 7.92. The lowest BCUT2D eigenvalue weighted by Gasteiger charge is -2.02. The van der Waals surface area contributed by atoms with Crippen LogP contribution in [0.25, 0.3) is 11.0 Å². The molecule has 20 heavy (non-hydrogen) atoms. The first-order valence-electron chi connectivity index (χ1n) is 5.10. The largest absolute Gasteiger partial charge is 0.473 e. The molecule has 0 amide bonds. The second-order valence-electron chi connectivity index (χ2n) is 3.66. The summed E-state index contributed by atoms with van der Waals surface area (Å²) in [5.74, 6) is -3.65. The van der Waals surface area contributed by atoms with Gasteiger partial charge in [-0.15, -0.1) is 0 Å². The lowest BCUT2D eigenvalue weighted by atomic mass is 10.2. The Kier molecular flexibility index (Phi) is 4.70. The number of furan rings is 1. The van der Waals surface area contributed by atoms with E-state index in [1.165, 1.54) is 0 Å². The first-order valence-corrected chi connectivity index (χ1v) is 6.99. The van der Waals surface area contributed by atoms with Crippen molar-refractivity contribution in [3.05, 3.63) is 30.5 Å². The van der Waals surface area contributed by atoms with E-state index in [4.69, 9.17) is 24.2 Å². The Morgan fingerprint density at radius 3 is 2.25 bits per heavy atom. The maximum absolute atomic E-state index is 10.9. The number of carboxylic acid groups (broad SMARTS) is 2. The summed E-state index contributed by atoms with van der Waals surface area (Å²) in [5.41, 5.74) is 1.28. The van der Waals surface area contributed by atoms with Crippen molar-refractivity contribution >= 4 is 38.6 Å². The fourth-order valence-electron chi connectivity index (χ4n) is 1.24. The molecular formula is C11H11NO7S. The van der Waals surface area contributed by atoms with Crippen molar-refractivity contribution in [3.63, 3.8) is 0 Å². The van der Waals surface area contributed by atoms with Crippen LogP contribution < -0.4 is 4.72 Å². The van der Waals surface area contributed by atoms with Crippen molar-refractivity contribution in [1.82, 2.24) is 0 Å². The van der Waals surface area contributed by atoms with E-state index in [-0.39, 0.29) is 0 Å². The van der Waals surface area contributed by atoms with Crippen LogP contribution in [0.2, 0.25) is 0 Å². The van der Waals surface area contributed by atoms with Gasteiger partial charge in [-0.2, -0.15) is 0 Å².